The molecular formula is C19H18N4O6S2. The summed E-state index contributed by atoms with van der Waals surface area (Å²) in [7, 11) is -1.31. The average molecular weight is 463 g/mol. The molecule has 1 N–H and O–H groups in total. The van der Waals surface area contributed by atoms with E-state index in [1.807, 2.05) is 0 Å². The maximum Gasteiger partial charge on any atom is 0.272 e. The molecule has 1 heterocycles. The predicted octanol–water partition coefficient (Wildman–Crippen LogP) is 3.46. The van der Waals surface area contributed by atoms with Crippen LogP contribution in [0.15, 0.2) is 52.7 Å². The Morgan fingerprint density at radius 3 is 2.52 bits per heavy atom. The molecule has 162 valence electrons. The normalized spacial score (nSPS) is 11.5. The molecule has 0 unspecified atom stereocenters. The molecule has 0 bridgehead atoms. The average Bonchev–Trinajstić information content (AvgIpc) is 3.21. The lowest BCUT2D eigenvalue weighted by Gasteiger charge is -2.14. The van der Waals surface area contributed by atoms with Crippen molar-refractivity contribution in [2.75, 3.05) is 19.5 Å². The number of thiazole rings is 1. The van der Waals surface area contributed by atoms with Crippen LogP contribution in [0.1, 0.15) is 15.9 Å². The van der Waals surface area contributed by atoms with Gasteiger partial charge in [0.1, 0.15) is 0 Å². The Kier molecular flexibility index (Phi) is 6.45. The number of hydroxylamine groups is 1. The highest BCUT2D eigenvalue weighted by Gasteiger charge is 2.21. The minimum absolute atomic E-state index is 0.00903. The Morgan fingerprint density at radius 2 is 1.90 bits per heavy atom. The Balaban J connectivity index is 1.76. The Hall–Kier alpha value is -3.19. The van der Waals surface area contributed by atoms with E-state index in [2.05, 4.69) is 10.3 Å². The van der Waals surface area contributed by atoms with Crippen molar-refractivity contribution in [2.45, 2.75) is 11.8 Å². The van der Waals surface area contributed by atoms with Crippen molar-refractivity contribution in [3.63, 3.8) is 0 Å². The second kappa shape index (κ2) is 8.89. The summed E-state index contributed by atoms with van der Waals surface area (Å²) in [6.07, 6.45) is 0. The van der Waals surface area contributed by atoms with Gasteiger partial charge in [0.25, 0.3) is 21.6 Å². The maximum absolute atomic E-state index is 12.5. The first-order valence-corrected chi connectivity index (χ1v) is 11.1. The predicted molar refractivity (Wildman–Crippen MR) is 115 cm³/mol. The highest BCUT2D eigenvalue weighted by Crippen LogP contribution is 2.29. The number of aryl methyl sites for hydroxylation is 1. The third-order valence-electron chi connectivity index (χ3n) is 4.44. The lowest BCUT2D eigenvalue weighted by Crippen LogP contribution is -2.25. The van der Waals surface area contributed by atoms with Crippen LogP contribution in [-0.2, 0) is 14.9 Å². The number of rotatable bonds is 7. The van der Waals surface area contributed by atoms with Crippen LogP contribution >= 0.6 is 11.3 Å². The number of carbonyl (C=O) groups is 1. The number of sulfonamides is 1. The van der Waals surface area contributed by atoms with Crippen molar-refractivity contribution >= 4 is 38.1 Å². The van der Waals surface area contributed by atoms with E-state index in [4.69, 9.17) is 4.84 Å². The Labute approximate surface area is 182 Å². The van der Waals surface area contributed by atoms with Crippen molar-refractivity contribution in [2.24, 2.45) is 0 Å². The number of aromatic nitrogens is 1. The van der Waals surface area contributed by atoms with Crippen molar-refractivity contribution < 1.29 is 23.0 Å². The maximum atomic E-state index is 12.5. The van der Waals surface area contributed by atoms with E-state index in [1.54, 1.807) is 24.4 Å². The minimum atomic E-state index is -3.81. The monoisotopic (exact) mass is 462 g/mol. The zero-order valence-electron chi connectivity index (χ0n) is 16.7. The number of amides is 1. The Bertz CT molecular complexity index is 1240. The smallest absolute Gasteiger partial charge is 0.272 e. The first-order valence-electron chi connectivity index (χ1n) is 8.79. The van der Waals surface area contributed by atoms with Gasteiger partial charge in [-0.3, -0.25) is 25.1 Å². The number of anilines is 1. The molecule has 12 heteroatoms. The minimum Gasteiger partial charge on any atom is -0.298 e. The molecule has 0 saturated carbocycles. The third-order valence-corrected chi connectivity index (χ3v) is 6.89. The van der Waals surface area contributed by atoms with Gasteiger partial charge < -0.3 is 0 Å². The van der Waals surface area contributed by atoms with Crippen LogP contribution in [0.5, 0.6) is 0 Å². The quantitative estimate of drug-likeness (QED) is 0.420. The van der Waals surface area contributed by atoms with Crippen LogP contribution in [0.2, 0.25) is 0 Å². The molecule has 2 aromatic carbocycles. The number of nitrogens with one attached hydrogen (secondary N) is 1. The van der Waals surface area contributed by atoms with Crippen LogP contribution in [0, 0.1) is 17.0 Å². The van der Waals surface area contributed by atoms with Crippen molar-refractivity contribution in [1.82, 2.24) is 9.45 Å². The van der Waals surface area contributed by atoms with Gasteiger partial charge in [0.05, 0.1) is 22.6 Å². The van der Waals surface area contributed by atoms with Crippen molar-refractivity contribution in [3.8, 4) is 11.3 Å². The molecular weight excluding hydrogens is 444 g/mol. The molecule has 0 radical (unpaired) electrons. The van der Waals surface area contributed by atoms with Crippen LogP contribution in [0.25, 0.3) is 11.3 Å². The summed E-state index contributed by atoms with van der Waals surface area (Å²) < 4.78 is 25.1. The van der Waals surface area contributed by atoms with E-state index < -0.39 is 20.9 Å². The summed E-state index contributed by atoms with van der Waals surface area (Å²) in [4.78, 5) is 32.2. The second-order valence-corrected chi connectivity index (χ2v) is 9.17. The molecule has 0 spiro atoms. The molecule has 1 aromatic heterocycles. The van der Waals surface area contributed by atoms with Gasteiger partial charge in [-0.25, -0.2) is 13.4 Å². The molecule has 0 saturated heterocycles. The Morgan fingerprint density at radius 1 is 1.23 bits per heavy atom. The van der Waals surface area contributed by atoms with Crippen molar-refractivity contribution in [3.05, 3.63) is 69.1 Å². The summed E-state index contributed by atoms with van der Waals surface area (Å²) in [6.45, 7) is 1.65. The fraction of sp³-hybridized carbons (Fsp3) is 0.158. The molecule has 0 fully saturated rings. The number of carbonyl (C=O) groups excluding carboxylic acids is 1. The van der Waals surface area contributed by atoms with E-state index in [-0.39, 0.29) is 16.1 Å². The van der Waals surface area contributed by atoms with Gasteiger partial charge in [-0.15, -0.1) is 11.3 Å². The van der Waals surface area contributed by atoms with Gasteiger partial charge in [-0.1, -0.05) is 16.6 Å². The van der Waals surface area contributed by atoms with E-state index in [0.717, 1.165) is 0 Å². The summed E-state index contributed by atoms with van der Waals surface area (Å²) in [6, 6.07) is 10.2. The number of hydrogen-bond donors (Lipinski definition) is 1. The number of nitrogens with zero attached hydrogens (tertiary/aromatic N) is 3. The highest BCUT2D eigenvalue weighted by molar-refractivity contribution is 7.89. The number of hydrogen-bond acceptors (Lipinski definition) is 8. The third kappa shape index (κ3) is 4.77. The summed E-state index contributed by atoms with van der Waals surface area (Å²) in [5.74, 6) is -0.472. The zero-order chi connectivity index (χ0) is 22.8. The molecule has 0 atom stereocenters. The van der Waals surface area contributed by atoms with E-state index >= 15 is 0 Å². The van der Waals surface area contributed by atoms with Gasteiger partial charge in [0.15, 0.2) is 5.13 Å². The fourth-order valence-corrected chi connectivity index (χ4v) is 4.31. The van der Waals surface area contributed by atoms with Gasteiger partial charge in [-0.2, -0.15) is 0 Å². The standard InChI is InChI=1S/C19H18N4O6S2/c1-12-4-5-14(10-17(12)23(25)26)16-11-30-19(20-16)21-18(24)13-6-8-15(9-7-13)31(27,28)22(2)29-3/h4-11H,1-3H3,(H,20,21,24). The van der Waals surface area contributed by atoms with Crippen LogP contribution in [0.3, 0.4) is 0 Å². The first kappa shape index (κ1) is 22.5. The van der Waals surface area contributed by atoms with E-state index in [0.29, 0.717) is 26.4 Å². The zero-order valence-corrected chi connectivity index (χ0v) is 18.4. The fourth-order valence-electron chi connectivity index (χ4n) is 2.62. The highest BCUT2D eigenvalue weighted by atomic mass is 32.2. The lowest BCUT2D eigenvalue weighted by molar-refractivity contribution is -0.385. The SMILES string of the molecule is CON(C)S(=O)(=O)c1ccc(C(=O)Nc2nc(-c3ccc(C)c([N+](=O)[O-])c3)cs2)cc1. The van der Waals surface area contributed by atoms with Gasteiger partial charge in [0.2, 0.25) is 0 Å². The molecule has 3 aromatic rings. The summed E-state index contributed by atoms with van der Waals surface area (Å²) in [5.41, 5.74) is 1.82. The number of benzene rings is 2. The lowest BCUT2D eigenvalue weighted by atomic mass is 10.1. The number of nitro groups is 1. The van der Waals surface area contributed by atoms with E-state index in [9.17, 15) is 23.3 Å². The van der Waals surface area contributed by atoms with Crippen LogP contribution in [0.4, 0.5) is 10.8 Å². The summed E-state index contributed by atoms with van der Waals surface area (Å²) in [5, 5.41) is 15.8. The van der Waals surface area contributed by atoms with Crippen LogP contribution in [-0.4, -0.2) is 42.9 Å². The molecule has 0 aliphatic heterocycles. The van der Waals surface area contributed by atoms with Gasteiger partial charge in [-0.05, 0) is 31.2 Å². The molecule has 10 nitrogen and oxygen atoms in total. The first-order chi connectivity index (χ1) is 14.6. The topological polar surface area (TPSA) is 132 Å². The molecule has 3 rings (SSSR count). The molecule has 1 amide bonds. The van der Waals surface area contributed by atoms with Gasteiger partial charge in [0, 0.05) is 35.2 Å². The molecule has 31 heavy (non-hydrogen) atoms. The van der Waals surface area contributed by atoms with E-state index in [1.165, 1.54) is 55.8 Å². The van der Waals surface area contributed by atoms with Gasteiger partial charge >= 0.3 is 0 Å². The molecule has 0 aliphatic rings. The van der Waals surface area contributed by atoms with Crippen LogP contribution < -0.4 is 5.32 Å². The largest absolute Gasteiger partial charge is 0.298 e. The number of nitro benzene ring substituents is 1. The molecule has 0 aliphatic carbocycles. The second-order valence-electron chi connectivity index (χ2n) is 6.37. The summed E-state index contributed by atoms with van der Waals surface area (Å²) >= 11 is 1.17. The van der Waals surface area contributed by atoms with Crippen molar-refractivity contribution in [1.29, 1.82) is 0 Å².